The van der Waals surface area contributed by atoms with Crippen molar-refractivity contribution in [2.75, 3.05) is 9.96 Å². The van der Waals surface area contributed by atoms with Gasteiger partial charge in [0, 0.05) is 10.7 Å². The molecule has 0 radical (unpaired) electrons. The molecule has 1 aromatic heterocycles. The van der Waals surface area contributed by atoms with Gasteiger partial charge in [-0.25, -0.2) is 9.96 Å². The van der Waals surface area contributed by atoms with Gasteiger partial charge in [0.1, 0.15) is 12.0 Å². The zero-order valence-corrected chi connectivity index (χ0v) is 16.8. The van der Waals surface area contributed by atoms with Crippen molar-refractivity contribution in [3.63, 3.8) is 0 Å². The summed E-state index contributed by atoms with van der Waals surface area (Å²) < 4.78 is 0.874. The summed E-state index contributed by atoms with van der Waals surface area (Å²) in [7, 11) is 0. The third-order valence-electron chi connectivity index (χ3n) is 5.20. The monoisotopic (exact) mass is 449 g/mol. The van der Waals surface area contributed by atoms with Crippen LogP contribution in [0.4, 0.5) is 11.4 Å². The van der Waals surface area contributed by atoms with Crippen molar-refractivity contribution in [2.24, 2.45) is 5.92 Å². The molecule has 0 aliphatic carbocycles. The second kappa shape index (κ2) is 7.09. The van der Waals surface area contributed by atoms with Crippen LogP contribution in [0, 0.1) is 5.92 Å². The Balaban J connectivity index is 1.58. The van der Waals surface area contributed by atoms with Gasteiger partial charge < -0.3 is 0 Å². The first kappa shape index (κ1) is 18.0. The highest BCUT2D eigenvalue weighted by Crippen LogP contribution is 2.47. The SMILES string of the molecule is O=C1[C@@H]2[C@H](ON(c3ccccc3)[C@H]2c2ccccn2)C(=O)N1c1ccc(Br)cc1. The summed E-state index contributed by atoms with van der Waals surface area (Å²) in [6, 6.07) is 21.6. The standard InChI is InChI=1S/C22H16BrN3O3/c23-14-9-11-15(12-10-14)25-21(27)18-19(17-8-4-5-13-24-17)26(29-20(18)22(25)28)16-6-2-1-3-7-16/h1-13,18-20H/t18-,19-,20-/m0/s1. The Hall–Kier alpha value is -3.03. The topological polar surface area (TPSA) is 62.7 Å². The molecule has 5 rings (SSSR count). The molecule has 2 saturated heterocycles. The maximum atomic E-state index is 13.4. The van der Waals surface area contributed by atoms with Gasteiger partial charge >= 0.3 is 0 Å². The Labute approximate surface area is 175 Å². The fourth-order valence-electron chi connectivity index (χ4n) is 3.91. The van der Waals surface area contributed by atoms with E-state index in [-0.39, 0.29) is 11.8 Å². The fraction of sp³-hybridized carbons (Fsp3) is 0.136. The average molecular weight is 450 g/mol. The van der Waals surface area contributed by atoms with Crippen molar-refractivity contribution in [2.45, 2.75) is 12.1 Å². The van der Waals surface area contributed by atoms with Crippen LogP contribution in [0.2, 0.25) is 0 Å². The molecular weight excluding hydrogens is 434 g/mol. The Morgan fingerprint density at radius 1 is 0.828 bits per heavy atom. The molecule has 3 heterocycles. The molecule has 2 aliphatic rings. The van der Waals surface area contributed by atoms with Crippen LogP contribution in [0.5, 0.6) is 0 Å². The predicted molar refractivity (Wildman–Crippen MR) is 111 cm³/mol. The zero-order valence-electron chi connectivity index (χ0n) is 15.2. The molecule has 2 aromatic carbocycles. The highest BCUT2D eigenvalue weighted by Gasteiger charge is 2.60. The van der Waals surface area contributed by atoms with Crippen LogP contribution in [0.3, 0.4) is 0 Å². The van der Waals surface area contributed by atoms with E-state index in [1.165, 1.54) is 4.90 Å². The Morgan fingerprint density at radius 2 is 1.55 bits per heavy atom. The summed E-state index contributed by atoms with van der Waals surface area (Å²) in [6.07, 6.45) is 0.790. The summed E-state index contributed by atoms with van der Waals surface area (Å²) in [5.41, 5.74) is 1.99. The van der Waals surface area contributed by atoms with E-state index in [0.717, 1.165) is 10.2 Å². The molecule has 0 saturated carbocycles. The summed E-state index contributed by atoms with van der Waals surface area (Å²) in [5.74, 6) is -1.32. The van der Waals surface area contributed by atoms with Crippen molar-refractivity contribution in [1.82, 2.24) is 4.98 Å². The smallest absolute Gasteiger partial charge is 0.266 e. The molecule has 7 heteroatoms. The normalized spacial score (nSPS) is 23.6. The molecule has 0 spiro atoms. The first-order valence-electron chi connectivity index (χ1n) is 9.20. The fourth-order valence-corrected chi connectivity index (χ4v) is 4.17. The van der Waals surface area contributed by atoms with Gasteiger partial charge in [0.05, 0.1) is 17.1 Å². The lowest BCUT2D eigenvalue weighted by Gasteiger charge is -2.28. The third kappa shape index (κ3) is 2.94. The lowest BCUT2D eigenvalue weighted by atomic mass is 9.93. The lowest BCUT2D eigenvalue weighted by molar-refractivity contribution is -0.126. The average Bonchev–Trinajstić information content (AvgIpc) is 3.27. The number of hydrogen-bond donors (Lipinski definition) is 0. The number of pyridine rings is 1. The number of carbonyl (C=O) groups excluding carboxylic acids is 2. The largest absolute Gasteiger partial charge is 0.273 e. The predicted octanol–water partition coefficient (Wildman–Crippen LogP) is 3.90. The second-order valence-corrected chi connectivity index (χ2v) is 7.82. The van der Waals surface area contributed by atoms with Gasteiger partial charge in [-0.2, -0.15) is 0 Å². The van der Waals surface area contributed by atoms with Gasteiger partial charge in [-0.05, 0) is 48.5 Å². The lowest BCUT2D eigenvalue weighted by Crippen LogP contribution is -2.37. The quantitative estimate of drug-likeness (QED) is 0.567. The van der Waals surface area contributed by atoms with Crippen LogP contribution < -0.4 is 9.96 Å². The number of imide groups is 1. The van der Waals surface area contributed by atoms with Crippen LogP contribution in [0.15, 0.2) is 83.5 Å². The van der Waals surface area contributed by atoms with Crippen molar-refractivity contribution in [3.8, 4) is 0 Å². The molecule has 6 nitrogen and oxygen atoms in total. The third-order valence-corrected chi connectivity index (χ3v) is 5.73. The van der Waals surface area contributed by atoms with Crippen molar-refractivity contribution in [3.05, 3.63) is 89.2 Å². The summed E-state index contributed by atoms with van der Waals surface area (Å²) in [5, 5.41) is 1.65. The van der Waals surface area contributed by atoms with Crippen molar-refractivity contribution < 1.29 is 14.4 Å². The number of hydroxylamine groups is 1. The van der Waals surface area contributed by atoms with Crippen LogP contribution in [-0.2, 0) is 14.4 Å². The van der Waals surface area contributed by atoms with E-state index < -0.39 is 18.1 Å². The van der Waals surface area contributed by atoms with E-state index in [9.17, 15) is 9.59 Å². The highest BCUT2D eigenvalue weighted by atomic mass is 79.9. The number of benzene rings is 2. The summed E-state index contributed by atoms with van der Waals surface area (Å²) in [6.45, 7) is 0. The Morgan fingerprint density at radius 3 is 2.24 bits per heavy atom. The molecule has 3 atom stereocenters. The molecule has 2 fully saturated rings. The summed E-state index contributed by atoms with van der Waals surface area (Å²) >= 11 is 3.38. The number of aromatic nitrogens is 1. The van der Waals surface area contributed by atoms with Crippen molar-refractivity contribution in [1.29, 1.82) is 0 Å². The van der Waals surface area contributed by atoms with Crippen LogP contribution >= 0.6 is 15.9 Å². The minimum Gasteiger partial charge on any atom is -0.273 e. The first-order chi connectivity index (χ1) is 14.1. The molecule has 3 aromatic rings. The maximum absolute atomic E-state index is 13.4. The van der Waals surface area contributed by atoms with E-state index >= 15 is 0 Å². The molecule has 0 bridgehead atoms. The summed E-state index contributed by atoms with van der Waals surface area (Å²) in [4.78, 5) is 38.3. The van der Waals surface area contributed by atoms with Crippen LogP contribution in [-0.4, -0.2) is 22.9 Å². The molecular formula is C22H16BrN3O3. The van der Waals surface area contributed by atoms with Crippen LogP contribution in [0.25, 0.3) is 0 Å². The second-order valence-electron chi connectivity index (χ2n) is 6.90. The van der Waals surface area contributed by atoms with E-state index in [2.05, 4.69) is 20.9 Å². The number of fused-ring (bicyclic) bond motifs is 1. The molecule has 0 unspecified atom stereocenters. The molecule has 0 N–H and O–H groups in total. The Kier molecular flexibility index (Phi) is 4.41. The number of hydrogen-bond acceptors (Lipinski definition) is 5. The maximum Gasteiger partial charge on any atom is 0.266 e. The van der Waals surface area contributed by atoms with Gasteiger partial charge in [-0.1, -0.05) is 40.2 Å². The van der Waals surface area contributed by atoms with Crippen molar-refractivity contribution >= 4 is 39.1 Å². The van der Waals surface area contributed by atoms with Gasteiger partial charge in [0.2, 0.25) is 5.91 Å². The van der Waals surface area contributed by atoms with E-state index in [0.29, 0.717) is 11.4 Å². The van der Waals surface area contributed by atoms with Gasteiger partial charge in [0.25, 0.3) is 5.91 Å². The number of para-hydroxylation sites is 1. The minimum absolute atomic E-state index is 0.281. The number of carbonyl (C=O) groups is 2. The number of rotatable bonds is 3. The number of nitrogens with zero attached hydrogens (tertiary/aromatic N) is 3. The van der Waals surface area contributed by atoms with Gasteiger partial charge in [0.15, 0.2) is 6.10 Å². The number of anilines is 2. The number of halogens is 1. The molecule has 29 heavy (non-hydrogen) atoms. The van der Waals surface area contributed by atoms with Gasteiger partial charge in [-0.3, -0.25) is 19.4 Å². The first-order valence-corrected chi connectivity index (χ1v) is 10.00. The van der Waals surface area contributed by atoms with E-state index in [1.807, 2.05) is 48.5 Å². The highest BCUT2D eigenvalue weighted by molar-refractivity contribution is 9.10. The molecule has 2 amide bonds. The zero-order chi connectivity index (χ0) is 20.0. The van der Waals surface area contributed by atoms with Crippen LogP contribution in [0.1, 0.15) is 11.7 Å². The molecule has 2 aliphatic heterocycles. The van der Waals surface area contributed by atoms with Gasteiger partial charge in [-0.15, -0.1) is 0 Å². The minimum atomic E-state index is -0.890. The Bertz CT molecular complexity index is 1060. The van der Waals surface area contributed by atoms with E-state index in [1.54, 1.807) is 35.5 Å². The number of amides is 2. The van der Waals surface area contributed by atoms with E-state index in [4.69, 9.17) is 4.84 Å². The molecule has 144 valence electrons.